The Kier molecular flexibility index (Phi) is 11.8. The third-order valence-electron chi connectivity index (χ3n) is 14.0. The van der Waals surface area contributed by atoms with Gasteiger partial charge in [0.15, 0.2) is 5.88 Å². The summed E-state index contributed by atoms with van der Waals surface area (Å²) in [6, 6.07) is 14.7. The predicted octanol–water partition coefficient (Wildman–Crippen LogP) is 4.56. The maximum absolute atomic E-state index is 14.2. The average molecular weight is 871 g/mol. The number of ether oxygens (including phenoxy) is 1. The van der Waals surface area contributed by atoms with E-state index in [2.05, 4.69) is 43.8 Å². The van der Waals surface area contributed by atoms with Crippen LogP contribution < -0.4 is 25.8 Å². The fourth-order valence-electron chi connectivity index (χ4n) is 10.3. The van der Waals surface area contributed by atoms with Gasteiger partial charge in [-0.1, -0.05) is 19.1 Å². The number of nitrogens with one attached hydrogen (secondary N) is 4. The molecule has 1 saturated carbocycles. The number of hydrogen-bond donors (Lipinski definition) is 5. The molecule has 2 aromatic carbocycles. The summed E-state index contributed by atoms with van der Waals surface area (Å²) in [6.45, 7) is 7.45. The van der Waals surface area contributed by atoms with Crippen molar-refractivity contribution < 1.29 is 29.0 Å². The van der Waals surface area contributed by atoms with E-state index in [0.717, 1.165) is 87.2 Å². The number of benzene rings is 2. The fourth-order valence-corrected chi connectivity index (χ4v) is 10.3. The molecule has 5 N–H and O–H groups in total. The molecule has 64 heavy (non-hydrogen) atoms. The van der Waals surface area contributed by atoms with Gasteiger partial charge in [0.25, 0.3) is 11.8 Å². The van der Waals surface area contributed by atoms with E-state index in [0.29, 0.717) is 59.5 Å². The number of aliphatic hydroxyl groups is 1. The Bertz CT molecular complexity index is 2460. The molecule has 2 unspecified atom stereocenters. The van der Waals surface area contributed by atoms with Gasteiger partial charge in [0, 0.05) is 81.5 Å². The molecule has 0 radical (unpaired) electrons. The van der Waals surface area contributed by atoms with Gasteiger partial charge in [-0.2, -0.15) is 4.99 Å². The van der Waals surface area contributed by atoms with Gasteiger partial charge in [-0.15, -0.1) is 0 Å². The first-order valence-electron chi connectivity index (χ1n) is 22.7. The van der Waals surface area contributed by atoms with E-state index < -0.39 is 23.6 Å². The minimum absolute atomic E-state index is 0.0427. The number of fused-ring (bicyclic) bond motifs is 7. The van der Waals surface area contributed by atoms with Gasteiger partial charge in [-0.3, -0.25) is 24.2 Å². The molecule has 16 nitrogen and oxygen atoms in total. The van der Waals surface area contributed by atoms with Crippen LogP contribution in [-0.4, -0.2) is 121 Å². The van der Waals surface area contributed by atoms with Crippen molar-refractivity contribution in [2.75, 3.05) is 62.0 Å². The zero-order valence-electron chi connectivity index (χ0n) is 37.1. The number of piperidine rings is 2. The number of nitrogens with zero attached hydrogens (tertiary/aromatic N) is 6. The lowest BCUT2D eigenvalue weighted by Crippen LogP contribution is -2.57. The molecule has 2 saturated heterocycles. The molecular weight excluding hydrogens is 813 g/mol. The van der Waals surface area contributed by atoms with Crippen molar-refractivity contribution in [1.82, 2.24) is 25.4 Å². The lowest BCUT2D eigenvalue weighted by atomic mass is 9.91. The molecule has 336 valence electrons. The quantitative estimate of drug-likeness (QED) is 0.199. The Hall–Kier alpha value is -6.13. The molecule has 1 spiro atoms. The molecular formula is C48H58N10O6. The topological polar surface area (TPSA) is 196 Å². The van der Waals surface area contributed by atoms with Crippen LogP contribution in [0.2, 0.25) is 0 Å². The smallest absolute Gasteiger partial charge is 0.280 e. The maximum atomic E-state index is 14.2. The lowest BCUT2D eigenvalue weighted by molar-refractivity contribution is -0.129. The number of aryl methyl sites for hydroxylation is 1. The largest absolute Gasteiger partial charge is 0.479 e. The second-order valence-corrected chi connectivity index (χ2v) is 18.2. The van der Waals surface area contributed by atoms with Gasteiger partial charge < -0.3 is 50.8 Å². The highest BCUT2D eigenvalue weighted by atomic mass is 16.5. The molecule has 2 bridgehead atoms. The van der Waals surface area contributed by atoms with Crippen molar-refractivity contribution >= 4 is 58.4 Å². The molecule has 3 fully saturated rings. The number of hydrogen-bond acceptors (Lipinski definition) is 12. The summed E-state index contributed by atoms with van der Waals surface area (Å²) in [7, 11) is 3.62. The van der Waals surface area contributed by atoms with Gasteiger partial charge in [0.05, 0.1) is 40.7 Å². The van der Waals surface area contributed by atoms with E-state index in [4.69, 9.17) is 10.1 Å². The Morgan fingerprint density at radius 3 is 2.61 bits per heavy atom. The molecule has 5 aliphatic heterocycles. The third kappa shape index (κ3) is 8.01. The Labute approximate surface area is 373 Å². The summed E-state index contributed by atoms with van der Waals surface area (Å²) in [4.78, 5) is 71.2. The van der Waals surface area contributed by atoms with Crippen molar-refractivity contribution in [2.45, 2.75) is 95.4 Å². The number of aliphatic hydroxyl groups excluding tert-OH is 1. The summed E-state index contributed by atoms with van der Waals surface area (Å²) in [5.74, 6) is 0.327. The minimum Gasteiger partial charge on any atom is -0.479 e. The van der Waals surface area contributed by atoms with E-state index in [1.54, 1.807) is 31.0 Å². The van der Waals surface area contributed by atoms with Crippen LogP contribution in [0.1, 0.15) is 102 Å². The Morgan fingerprint density at radius 1 is 1.08 bits per heavy atom. The van der Waals surface area contributed by atoms with E-state index in [1.165, 1.54) is 11.8 Å². The number of rotatable bonds is 8. The molecule has 1 aromatic heterocycles. The second-order valence-electron chi connectivity index (χ2n) is 18.2. The van der Waals surface area contributed by atoms with Crippen LogP contribution in [0.5, 0.6) is 0 Å². The predicted molar refractivity (Wildman–Crippen MR) is 245 cm³/mol. The van der Waals surface area contributed by atoms with Gasteiger partial charge in [-0.25, -0.2) is 0 Å². The molecule has 16 heteroatoms. The van der Waals surface area contributed by atoms with E-state index in [1.807, 2.05) is 47.2 Å². The van der Waals surface area contributed by atoms with Crippen LogP contribution in [0.3, 0.4) is 0 Å². The minimum atomic E-state index is -1.09. The highest BCUT2D eigenvalue weighted by Crippen LogP contribution is 2.59. The van der Waals surface area contributed by atoms with Crippen LogP contribution in [-0.2, 0) is 26.2 Å². The molecule has 3 aromatic rings. The zero-order valence-corrected chi connectivity index (χ0v) is 37.1. The molecule has 4 amide bonds. The highest BCUT2D eigenvalue weighted by molar-refractivity contribution is 6.20. The SMILES string of the molecule is CN/C1=C(\C=N)c2cc(cc(C)n2)C(=O)/N=C2\Nc3ccc(C(=O)N(C)C4CCN(CCc5cccc6c5C5(CC5)C(=O)N6C5CCC(=O)NC5O)CC4)cc3N2C[C@H](C)CCCO1. The number of pyridine rings is 1. The Morgan fingerprint density at radius 2 is 1.88 bits per heavy atom. The fraction of sp³-hybridized carbons (Fsp3) is 0.479. The molecule has 9 rings (SSSR count). The van der Waals surface area contributed by atoms with E-state index in [9.17, 15) is 24.3 Å². The summed E-state index contributed by atoms with van der Waals surface area (Å²) in [6.07, 6.45) is 6.45. The second kappa shape index (κ2) is 17.4. The third-order valence-corrected chi connectivity index (χ3v) is 14.0. The van der Waals surface area contributed by atoms with Gasteiger partial charge in [0.2, 0.25) is 17.8 Å². The first-order chi connectivity index (χ1) is 30.9. The maximum Gasteiger partial charge on any atom is 0.280 e. The van der Waals surface area contributed by atoms with Crippen molar-refractivity contribution in [3.63, 3.8) is 0 Å². The number of carbonyl (C=O) groups excluding carboxylic acids is 4. The summed E-state index contributed by atoms with van der Waals surface area (Å²) < 4.78 is 6.09. The van der Waals surface area contributed by atoms with Crippen LogP contribution in [0.25, 0.3) is 5.57 Å². The first-order valence-corrected chi connectivity index (χ1v) is 22.7. The van der Waals surface area contributed by atoms with E-state index in [-0.39, 0.29) is 36.1 Å². The Balaban J connectivity index is 0.869. The van der Waals surface area contributed by atoms with Gasteiger partial charge in [0.1, 0.15) is 6.23 Å². The first kappa shape index (κ1) is 43.1. The monoisotopic (exact) mass is 870 g/mol. The average Bonchev–Trinajstić information content (AvgIpc) is 3.98. The molecule has 6 aliphatic rings. The van der Waals surface area contributed by atoms with Gasteiger partial charge in [-0.05, 0) is 112 Å². The number of likely N-dealkylation sites (tertiary alicyclic amines) is 1. The van der Waals surface area contributed by atoms with Crippen molar-refractivity contribution in [3.05, 3.63) is 88.1 Å². The number of aromatic nitrogens is 1. The van der Waals surface area contributed by atoms with E-state index >= 15 is 0 Å². The number of guanidine groups is 1. The van der Waals surface area contributed by atoms with Crippen LogP contribution in [0, 0.1) is 18.3 Å². The van der Waals surface area contributed by atoms with Crippen LogP contribution in [0.4, 0.5) is 17.1 Å². The molecule has 6 heterocycles. The highest BCUT2D eigenvalue weighted by Gasteiger charge is 2.61. The van der Waals surface area contributed by atoms with Crippen LogP contribution in [0.15, 0.2) is 59.4 Å². The summed E-state index contributed by atoms with van der Waals surface area (Å²) in [5, 5.41) is 27.9. The number of aliphatic imine (C=N–C) groups is 1. The summed E-state index contributed by atoms with van der Waals surface area (Å²) >= 11 is 0. The number of allylic oxidation sites excluding steroid dienone is 1. The van der Waals surface area contributed by atoms with Gasteiger partial charge >= 0.3 is 0 Å². The number of amides is 4. The molecule has 1 aliphatic carbocycles. The number of carbonyl (C=O) groups is 4. The van der Waals surface area contributed by atoms with Crippen molar-refractivity contribution in [3.8, 4) is 0 Å². The normalized spacial score (nSPS) is 25.4. The standard InChI is InChI=1S/C48H58N10O6/c1-28-7-6-22-64-44(50-3)34(26-49)36-24-32(23-29(2)51-36)42(60)54-47-52-35-11-10-31(25-39(35)57(47)27-28)45(62)55(4)33-15-20-56(21-16-33)19-14-30-8-5-9-37-41(30)48(17-18-48)46(63)58(37)38-12-13-40(59)53-43(38)61/h5,8-11,23-26,28,33,38,43,49-50,61H,6-7,12-22,27H2,1-4H3,(H,53,59)(H,52,54,60)/b44-34-,49-26?/t28-,38?,43?/m1/s1. The zero-order chi connectivity index (χ0) is 44.9. The molecule has 3 atom stereocenters. The van der Waals surface area contributed by atoms with Crippen molar-refractivity contribution in [2.24, 2.45) is 10.9 Å². The van der Waals surface area contributed by atoms with Crippen LogP contribution >= 0.6 is 0 Å². The number of anilines is 3. The lowest BCUT2D eigenvalue weighted by Gasteiger charge is -2.37. The summed E-state index contributed by atoms with van der Waals surface area (Å²) in [5.41, 5.74) is 6.55. The van der Waals surface area contributed by atoms with Crippen molar-refractivity contribution in [1.29, 1.82) is 5.41 Å².